The number of hydrogen-bond acceptors (Lipinski definition) is 15. The molecular formula is C62H84Cl4N6O12S2. The molecule has 2 aliphatic heterocycles. The molecule has 8 rings (SSSR count). The summed E-state index contributed by atoms with van der Waals surface area (Å²) in [6, 6.07) is 17.2. The van der Waals surface area contributed by atoms with E-state index in [-0.39, 0.29) is 84.6 Å². The zero-order chi connectivity index (χ0) is 61.1. The Morgan fingerprint density at radius 1 is 0.558 bits per heavy atom. The lowest BCUT2D eigenvalue weighted by Gasteiger charge is -2.36. The molecule has 2 heterocycles. The van der Waals surface area contributed by atoms with Crippen LogP contribution in [0.1, 0.15) is 110 Å². The number of unbranched alkanes of at least 4 members (excludes halogenated alkanes) is 2. The van der Waals surface area contributed by atoms with Gasteiger partial charge < -0.3 is 44.4 Å². The Morgan fingerprint density at radius 2 is 1.07 bits per heavy atom. The summed E-state index contributed by atoms with van der Waals surface area (Å²) in [5.74, 6) is 1.32. The summed E-state index contributed by atoms with van der Waals surface area (Å²) in [5.41, 5.74) is 5.45. The fourth-order valence-electron chi connectivity index (χ4n) is 11.6. The van der Waals surface area contributed by atoms with Gasteiger partial charge in [0, 0.05) is 103 Å². The van der Waals surface area contributed by atoms with E-state index >= 15 is 0 Å². The first-order valence-corrected chi connectivity index (χ1v) is 34.9. The number of hydrogen-bond donors (Lipinski definition) is 4. The van der Waals surface area contributed by atoms with Crippen molar-refractivity contribution in [3.63, 3.8) is 0 Å². The number of rotatable bonds is 35. The third-order valence-corrected chi connectivity index (χ3v) is 20.5. The number of nitrogens with zero attached hydrogens (tertiary/aromatic N) is 2. The van der Waals surface area contributed by atoms with Gasteiger partial charge in [0.2, 0.25) is 10.0 Å². The molecule has 0 saturated carbocycles. The van der Waals surface area contributed by atoms with Crippen molar-refractivity contribution in [3.05, 3.63) is 114 Å². The minimum absolute atomic E-state index is 0.0680. The molecule has 2 amide bonds. The van der Waals surface area contributed by atoms with Gasteiger partial charge in [-0.15, -0.1) is 0 Å². The molecule has 18 nitrogen and oxygen atoms in total. The fourth-order valence-corrected chi connectivity index (χ4v) is 15.3. The van der Waals surface area contributed by atoms with Crippen LogP contribution in [0.4, 0.5) is 4.79 Å². The van der Waals surface area contributed by atoms with Crippen molar-refractivity contribution in [2.75, 3.05) is 118 Å². The number of carbonyl (C=O) groups excluding carboxylic acids is 2. The van der Waals surface area contributed by atoms with Gasteiger partial charge in [-0.25, -0.2) is 26.4 Å². The Morgan fingerprint density at radius 3 is 1.66 bits per heavy atom. The molecule has 0 bridgehead atoms. The van der Waals surface area contributed by atoms with Gasteiger partial charge in [0.1, 0.15) is 29.5 Å². The molecule has 0 aromatic heterocycles. The van der Waals surface area contributed by atoms with Crippen molar-refractivity contribution < 1.29 is 54.8 Å². The summed E-state index contributed by atoms with van der Waals surface area (Å²) in [5, 5.41) is 11.4. The maximum absolute atomic E-state index is 13.3. The van der Waals surface area contributed by atoms with Gasteiger partial charge in [-0.1, -0.05) is 59.2 Å². The van der Waals surface area contributed by atoms with Crippen LogP contribution in [0, 0.1) is 13.8 Å². The highest BCUT2D eigenvalue weighted by atomic mass is 35.5. The van der Waals surface area contributed by atoms with Crippen LogP contribution in [-0.4, -0.2) is 168 Å². The van der Waals surface area contributed by atoms with E-state index in [2.05, 4.69) is 30.5 Å². The highest BCUT2D eigenvalue weighted by Crippen LogP contribution is 2.45. The first-order valence-electron chi connectivity index (χ1n) is 30.2. The van der Waals surface area contributed by atoms with E-state index in [4.69, 9.17) is 74.8 Å². The van der Waals surface area contributed by atoms with E-state index in [1.54, 1.807) is 48.5 Å². The summed E-state index contributed by atoms with van der Waals surface area (Å²) >= 11 is 26.2. The number of piperazine rings is 1. The van der Waals surface area contributed by atoms with Crippen LogP contribution in [0.25, 0.3) is 0 Å². The Labute approximate surface area is 528 Å². The number of sulfone groups is 1. The first-order chi connectivity index (χ1) is 41.5. The summed E-state index contributed by atoms with van der Waals surface area (Å²) in [4.78, 5) is 29.9. The third-order valence-electron chi connectivity index (χ3n) is 16.2. The van der Waals surface area contributed by atoms with Crippen LogP contribution in [0.5, 0.6) is 11.5 Å². The van der Waals surface area contributed by atoms with E-state index in [1.165, 1.54) is 6.42 Å². The second-order valence-corrected chi connectivity index (χ2v) is 28.0. The van der Waals surface area contributed by atoms with Crippen molar-refractivity contribution in [3.8, 4) is 11.5 Å². The number of nitrogens with one attached hydrogen (secondary N) is 4. The SMILES string of the molecule is Cc1cc(S(=O)(=O)NCCOCCOCCCC(=O)CCCCCNC(=O)NCCOCCOCCCS(=O)(=O)c2ccc(O[C@H]3c4cc(Cl)cc(Cl)c4C[C@@H]3N3CCNCC3)c(C)c2)ccc1O[C@H]1c2cc(Cl)cc(Cl)c2C[C@@H]1N1CCCCC1. The number of Topliss-reactive ketones (excluding diaryl/α,β-unsaturated/α-hetero) is 1. The number of benzene rings is 4. The van der Waals surface area contributed by atoms with Crippen LogP contribution in [0.3, 0.4) is 0 Å². The Bertz CT molecular complexity index is 2910. The first kappa shape index (κ1) is 68.1. The molecular weight excluding hydrogens is 1230 g/mol. The van der Waals surface area contributed by atoms with Gasteiger partial charge >= 0.3 is 6.03 Å². The normalized spacial score (nSPS) is 19.1. The average Bonchev–Trinajstić information content (AvgIpc) is 2.05. The topological polar surface area (TPSA) is 212 Å². The minimum Gasteiger partial charge on any atom is -0.484 e. The third kappa shape index (κ3) is 19.8. The van der Waals surface area contributed by atoms with Gasteiger partial charge in [0.25, 0.3) is 0 Å². The summed E-state index contributed by atoms with van der Waals surface area (Å²) in [7, 11) is -7.37. The van der Waals surface area contributed by atoms with Crippen LogP contribution in [0.15, 0.2) is 70.5 Å². The number of halogens is 4. The average molecular weight is 1310 g/mol. The largest absolute Gasteiger partial charge is 0.484 e. The number of aryl methyl sites for hydroxylation is 2. The predicted octanol–water partition coefficient (Wildman–Crippen LogP) is 9.82. The number of urea groups is 1. The number of likely N-dealkylation sites (tertiary alicyclic amines) is 1. The monoisotopic (exact) mass is 1310 g/mol. The van der Waals surface area contributed by atoms with E-state index in [9.17, 15) is 26.4 Å². The molecule has 0 unspecified atom stereocenters. The van der Waals surface area contributed by atoms with E-state index in [1.807, 2.05) is 26.0 Å². The van der Waals surface area contributed by atoms with E-state index in [0.717, 1.165) is 112 Å². The standard InChI is InChI=1S/C62H84Cl4N6O12S2/c1-43-35-48(13-15-58(43)83-61-53-38-46(64)40-55(66)51(53)42-57(61)72-24-18-67-19-25-72)85(75,76)34-10-27-80-31-32-81-28-20-69-62(74)68-17-6-3-5-11-47(73)12-9-26-79-30-33-82-29-21-70-86(77,78)49-14-16-59(44(2)36-49)84-60-52-37-45(63)39-54(65)50(52)41-56(60)71-22-7-4-8-23-71/h13-16,35-40,56-57,60-61,67,70H,3-12,17-34,41-42H2,1-2H3,(H2,68,69,74)/t56-,57-,60-,61-/m0/s1. The molecule has 4 aromatic carbocycles. The smallest absolute Gasteiger partial charge is 0.314 e. The second kappa shape index (κ2) is 33.8. The number of carbonyl (C=O) groups is 2. The number of fused-ring (bicyclic) bond motifs is 2. The summed E-state index contributed by atoms with van der Waals surface area (Å²) in [6.07, 6.45) is 8.49. The summed E-state index contributed by atoms with van der Waals surface area (Å²) in [6.45, 7) is 12.5. The minimum atomic E-state index is -3.80. The molecule has 4 atom stereocenters. The maximum atomic E-state index is 13.3. The molecule has 4 aromatic rings. The molecule has 2 fully saturated rings. The quantitative estimate of drug-likeness (QED) is 0.0316. The lowest BCUT2D eigenvalue weighted by atomic mass is 10.0. The number of ketones is 1. The molecule has 0 radical (unpaired) electrons. The molecule has 4 aliphatic rings. The number of amides is 2. The number of piperidine rings is 1. The van der Waals surface area contributed by atoms with Gasteiger partial charge in [-0.05, 0) is 161 Å². The molecule has 24 heteroatoms. The van der Waals surface area contributed by atoms with Crippen LogP contribution in [0.2, 0.25) is 20.1 Å². The Kier molecular flexibility index (Phi) is 26.8. The van der Waals surface area contributed by atoms with Crippen molar-refractivity contribution in [2.24, 2.45) is 0 Å². The van der Waals surface area contributed by atoms with E-state index < -0.39 is 19.9 Å². The highest BCUT2D eigenvalue weighted by Gasteiger charge is 2.42. The Balaban J connectivity index is 0.587. The molecule has 2 saturated heterocycles. The summed E-state index contributed by atoms with van der Waals surface area (Å²) < 4.78 is 91.3. The van der Waals surface area contributed by atoms with Crippen LogP contribution < -0.4 is 30.1 Å². The van der Waals surface area contributed by atoms with Crippen molar-refractivity contribution in [2.45, 2.75) is 125 Å². The molecule has 86 heavy (non-hydrogen) atoms. The number of ether oxygens (including phenoxy) is 6. The lowest BCUT2D eigenvalue weighted by molar-refractivity contribution is -0.119. The number of sulfonamides is 1. The predicted molar refractivity (Wildman–Crippen MR) is 336 cm³/mol. The fraction of sp³-hybridized carbons (Fsp3) is 0.581. The second-order valence-electron chi connectivity index (χ2n) is 22.4. The zero-order valence-corrected chi connectivity index (χ0v) is 54.1. The highest BCUT2D eigenvalue weighted by molar-refractivity contribution is 7.91. The van der Waals surface area contributed by atoms with Gasteiger partial charge in [0.15, 0.2) is 9.84 Å². The Hall–Kier alpha value is -3.84. The molecule has 474 valence electrons. The van der Waals surface area contributed by atoms with E-state index in [0.29, 0.717) is 102 Å². The maximum Gasteiger partial charge on any atom is 0.314 e. The molecule has 4 N–H and O–H groups in total. The van der Waals surface area contributed by atoms with Gasteiger partial charge in [-0.2, -0.15) is 0 Å². The zero-order valence-electron chi connectivity index (χ0n) is 49.4. The molecule has 0 spiro atoms. The van der Waals surface area contributed by atoms with Gasteiger partial charge in [-0.3, -0.25) is 14.6 Å². The lowest BCUT2D eigenvalue weighted by Crippen LogP contribution is -2.50. The van der Waals surface area contributed by atoms with Crippen LogP contribution >= 0.6 is 46.4 Å². The molecule has 2 aliphatic carbocycles. The van der Waals surface area contributed by atoms with Gasteiger partial charge in [0.05, 0.1) is 67.3 Å². The van der Waals surface area contributed by atoms with Crippen molar-refractivity contribution in [1.82, 2.24) is 30.5 Å². The van der Waals surface area contributed by atoms with Crippen LogP contribution in [-0.2, 0) is 56.4 Å². The van der Waals surface area contributed by atoms with Crippen molar-refractivity contribution in [1.29, 1.82) is 0 Å². The van der Waals surface area contributed by atoms with Crippen molar-refractivity contribution >= 4 is 78.1 Å².